The van der Waals surface area contributed by atoms with Crippen LogP contribution in [-0.2, 0) is 13.0 Å². The molecule has 2 rings (SSSR count). The number of aryl methyl sites for hydroxylation is 1. The predicted molar refractivity (Wildman–Crippen MR) is 85.0 cm³/mol. The predicted octanol–water partition coefficient (Wildman–Crippen LogP) is 3.47. The number of thiazole rings is 1. The van der Waals surface area contributed by atoms with Crippen LogP contribution in [-0.4, -0.2) is 34.2 Å². The molecule has 20 heavy (non-hydrogen) atoms. The summed E-state index contributed by atoms with van der Waals surface area (Å²) in [5, 5.41) is 12.5. The van der Waals surface area contributed by atoms with Crippen LogP contribution in [0.4, 0.5) is 0 Å². The van der Waals surface area contributed by atoms with E-state index in [1.165, 1.54) is 36.5 Å². The standard InChI is InChI=1S/C16H28N2OS/c1-13(2)7-8-16-17-14(12-20-16)11-18-9-3-5-15(18)6-4-10-19/h12-13,15,19H,3-11H2,1-2H3. The first kappa shape index (κ1) is 15.9. The zero-order valence-corrected chi connectivity index (χ0v) is 13.7. The highest BCUT2D eigenvalue weighted by Crippen LogP contribution is 2.24. The summed E-state index contributed by atoms with van der Waals surface area (Å²) in [6.45, 7) is 7.04. The van der Waals surface area contributed by atoms with Crippen molar-refractivity contribution in [3.63, 3.8) is 0 Å². The fourth-order valence-corrected chi connectivity index (χ4v) is 3.72. The fourth-order valence-electron chi connectivity index (χ4n) is 2.91. The van der Waals surface area contributed by atoms with Crippen LogP contribution in [0.5, 0.6) is 0 Å². The quantitative estimate of drug-likeness (QED) is 0.798. The maximum atomic E-state index is 8.98. The molecule has 0 amide bonds. The van der Waals surface area contributed by atoms with Crippen molar-refractivity contribution < 1.29 is 5.11 Å². The summed E-state index contributed by atoms with van der Waals surface area (Å²) in [6, 6.07) is 0.656. The Morgan fingerprint density at radius 2 is 2.35 bits per heavy atom. The van der Waals surface area contributed by atoms with Gasteiger partial charge in [-0.25, -0.2) is 4.98 Å². The van der Waals surface area contributed by atoms with Gasteiger partial charge >= 0.3 is 0 Å². The van der Waals surface area contributed by atoms with E-state index < -0.39 is 0 Å². The maximum Gasteiger partial charge on any atom is 0.0928 e. The lowest BCUT2D eigenvalue weighted by Gasteiger charge is -2.23. The summed E-state index contributed by atoms with van der Waals surface area (Å²) in [5.41, 5.74) is 1.24. The highest BCUT2D eigenvalue weighted by molar-refractivity contribution is 7.09. The number of aliphatic hydroxyl groups excluding tert-OH is 1. The molecule has 1 unspecified atom stereocenters. The zero-order chi connectivity index (χ0) is 14.4. The van der Waals surface area contributed by atoms with Gasteiger partial charge in [-0.1, -0.05) is 13.8 Å². The highest BCUT2D eigenvalue weighted by atomic mass is 32.1. The SMILES string of the molecule is CC(C)CCc1nc(CN2CCCC2CCCO)cs1. The van der Waals surface area contributed by atoms with Gasteiger partial charge < -0.3 is 5.11 Å². The van der Waals surface area contributed by atoms with Crippen molar-refractivity contribution in [1.29, 1.82) is 0 Å². The average Bonchev–Trinajstić information content (AvgIpc) is 3.04. The van der Waals surface area contributed by atoms with Crippen molar-refractivity contribution in [3.05, 3.63) is 16.1 Å². The van der Waals surface area contributed by atoms with Gasteiger partial charge in [-0.05, 0) is 51.0 Å². The molecule has 3 nitrogen and oxygen atoms in total. The normalized spacial score (nSPS) is 20.1. The van der Waals surface area contributed by atoms with Crippen LogP contribution in [0, 0.1) is 5.92 Å². The monoisotopic (exact) mass is 296 g/mol. The molecule has 0 radical (unpaired) electrons. The van der Waals surface area contributed by atoms with Crippen molar-refractivity contribution in [3.8, 4) is 0 Å². The molecular weight excluding hydrogens is 268 g/mol. The number of likely N-dealkylation sites (tertiary alicyclic amines) is 1. The van der Waals surface area contributed by atoms with Crippen LogP contribution in [0.3, 0.4) is 0 Å². The highest BCUT2D eigenvalue weighted by Gasteiger charge is 2.24. The third-order valence-electron chi connectivity index (χ3n) is 4.09. The molecule has 2 heterocycles. The molecule has 0 saturated carbocycles. The molecule has 4 heteroatoms. The Hall–Kier alpha value is -0.450. The Morgan fingerprint density at radius 1 is 1.50 bits per heavy atom. The first-order chi connectivity index (χ1) is 9.69. The molecule has 1 aliphatic rings. The van der Waals surface area contributed by atoms with Crippen LogP contribution >= 0.6 is 11.3 Å². The largest absolute Gasteiger partial charge is 0.396 e. The van der Waals surface area contributed by atoms with Gasteiger partial charge in [0, 0.05) is 24.6 Å². The molecule has 0 spiro atoms. The van der Waals surface area contributed by atoms with E-state index >= 15 is 0 Å². The van der Waals surface area contributed by atoms with Gasteiger partial charge in [0.05, 0.1) is 10.7 Å². The minimum Gasteiger partial charge on any atom is -0.396 e. The molecule has 1 aromatic heterocycles. The Morgan fingerprint density at radius 3 is 3.10 bits per heavy atom. The van der Waals surface area contributed by atoms with E-state index in [4.69, 9.17) is 10.1 Å². The first-order valence-corrected chi connectivity index (χ1v) is 8.85. The molecule has 1 saturated heterocycles. The van der Waals surface area contributed by atoms with Crippen LogP contribution in [0.15, 0.2) is 5.38 Å². The second-order valence-electron chi connectivity index (χ2n) is 6.30. The Balaban J connectivity index is 1.83. The van der Waals surface area contributed by atoms with Gasteiger partial charge in [-0.15, -0.1) is 11.3 Å². The lowest BCUT2D eigenvalue weighted by atomic mass is 10.1. The lowest BCUT2D eigenvalue weighted by Crippen LogP contribution is -2.29. The minimum atomic E-state index is 0.320. The first-order valence-electron chi connectivity index (χ1n) is 7.97. The number of aliphatic hydroxyl groups is 1. The molecule has 1 N–H and O–H groups in total. The molecule has 0 aromatic carbocycles. The fraction of sp³-hybridized carbons (Fsp3) is 0.812. The Kier molecular flexibility index (Phi) is 6.46. The topological polar surface area (TPSA) is 36.4 Å². The molecule has 114 valence electrons. The zero-order valence-electron chi connectivity index (χ0n) is 12.8. The van der Waals surface area contributed by atoms with Crippen LogP contribution < -0.4 is 0 Å². The lowest BCUT2D eigenvalue weighted by molar-refractivity contribution is 0.208. The van der Waals surface area contributed by atoms with E-state index in [-0.39, 0.29) is 0 Å². The molecule has 0 aliphatic carbocycles. The van der Waals surface area contributed by atoms with E-state index in [9.17, 15) is 0 Å². The number of hydrogen-bond donors (Lipinski definition) is 1. The van der Waals surface area contributed by atoms with Crippen LogP contribution in [0.25, 0.3) is 0 Å². The van der Waals surface area contributed by atoms with E-state index in [2.05, 4.69) is 24.1 Å². The van der Waals surface area contributed by atoms with E-state index in [0.29, 0.717) is 12.6 Å². The summed E-state index contributed by atoms with van der Waals surface area (Å²) in [6.07, 6.45) is 6.98. The summed E-state index contributed by atoms with van der Waals surface area (Å²) in [5.74, 6) is 0.754. The number of aromatic nitrogens is 1. The van der Waals surface area contributed by atoms with Gasteiger partial charge in [-0.3, -0.25) is 4.90 Å². The molecule has 1 aromatic rings. The van der Waals surface area contributed by atoms with Crippen molar-refractivity contribution in [2.24, 2.45) is 5.92 Å². The van der Waals surface area contributed by atoms with Crippen molar-refractivity contribution >= 4 is 11.3 Å². The Bertz CT molecular complexity index is 392. The van der Waals surface area contributed by atoms with Crippen LogP contribution in [0.1, 0.15) is 56.7 Å². The second kappa shape index (κ2) is 8.11. The van der Waals surface area contributed by atoms with Gasteiger partial charge in [0.15, 0.2) is 0 Å². The molecule has 0 bridgehead atoms. The third kappa shape index (κ3) is 4.83. The summed E-state index contributed by atoms with van der Waals surface area (Å²) >= 11 is 1.82. The number of nitrogens with zero attached hydrogens (tertiary/aromatic N) is 2. The molecule has 1 aliphatic heterocycles. The van der Waals surface area contributed by atoms with Crippen molar-refractivity contribution in [2.45, 2.75) is 65.0 Å². The van der Waals surface area contributed by atoms with Gasteiger partial charge in [-0.2, -0.15) is 0 Å². The number of hydrogen-bond acceptors (Lipinski definition) is 4. The molecule has 1 fully saturated rings. The summed E-state index contributed by atoms with van der Waals surface area (Å²) in [7, 11) is 0. The average molecular weight is 296 g/mol. The molecular formula is C16H28N2OS. The van der Waals surface area contributed by atoms with Crippen LogP contribution in [0.2, 0.25) is 0 Å². The summed E-state index contributed by atoms with van der Waals surface area (Å²) in [4.78, 5) is 7.34. The van der Waals surface area contributed by atoms with Gasteiger partial charge in [0.1, 0.15) is 0 Å². The van der Waals surface area contributed by atoms with Crippen molar-refractivity contribution in [1.82, 2.24) is 9.88 Å². The minimum absolute atomic E-state index is 0.320. The second-order valence-corrected chi connectivity index (χ2v) is 7.24. The molecule has 1 atom stereocenters. The smallest absolute Gasteiger partial charge is 0.0928 e. The van der Waals surface area contributed by atoms with Crippen molar-refractivity contribution in [2.75, 3.05) is 13.2 Å². The van der Waals surface area contributed by atoms with E-state index in [0.717, 1.165) is 31.7 Å². The number of rotatable bonds is 8. The maximum absolute atomic E-state index is 8.98. The summed E-state index contributed by atoms with van der Waals surface area (Å²) < 4.78 is 0. The van der Waals surface area contributed by atoms with E-state index in [1.807, 2.05) is 11.3 Å². The third-order valence-corrected chi connectivity index (χ3v) is 5.05. The van der Waals surface area contributed by atoms with Gasteiger partial charge in [0.25, 0.3) is 0 Å². The van der Waals surface area contributed by atoms with Gasteiger partial charge in [0.2, 0.25) is 0 Å². The Labute approximate surface area is 127 Å². The van der Waals surface area contributed by atoms with E-state index in [1.54, 1.807) is 0 Å².